The van der Waals surface area contributed by atoms with E-state index >= 15 is 0 Å². The van der Waals surface area contributed by atoms with E-state index in [1.807, 2.05) is 19.1 Å². The molecule has 1 N–H and O–H groups in total. The first-order valence-corrected chi connectivity index (χ1v) is 11.6. The first-order chi connectivity index (χ1) is 15.8. The molecular weight excluding hydrogens is 429 g/mol. The van der Waals surface area contributed by atoms with Gasteiger partial charge in [-0.05, 0) is 81.1 Å². The number of carbonyl (C=O) groups excluding carboxylic acids is 2. The van der Waals surface area contributed by atoms with Crippen LogP contribution in [0, 0.1) is 0 Å². The number of benzene rings is 2. The Balaban J connectivity index is 1.40. The number of amides is 1. The topological polar surface area (TPSA) is 49.4 Å². The van der Waals surface area contributed by atoms with E-state index in [4.69, 9.17) is 0 Å². The van der Waals surface area contributed by atoms with Crippen LogP contribution >= 0.6 is 0 Å². The average Bonchev–Trinajstić information content (AvgIpc) is 2.81. The molecule has 4 nitrogen and oxygen atoms in total. The van der Waals surface area contributed by atoms with Crippen LogP contribution in [-0.4, -0.2) is 36.2 Å². The van der Waals surface area contributed by atoms with E-state index in [2.05, 4.69) is 22.3 Å². The van der Waals surface area contributed by atoms with Gasteiger partial charge in [0, 0.05) is 24.1 Å². The van der Waals surface area contributed by atoms with Gasteiger partial charge in [0.05, 0.1) is 5.56 Å². The van der Waals surface area contributed by atoms with E-state index < -0.39 is 11.7 Å². The fraction of sp³-hybridized carbons (Fsp3) is 0.462. The Morgan fingerprint density at radius 3 is 2.45 bits per heavy atom. The average molecular weight is 461 g/mol. The molecular formula is C26H31F3N2O2. The Labute approximate surface area is 193 Å². The number of Topliss-reactive ketones (excluding diaryl/α,β-unsaturated/α-hetero) is 1. The molecule has 2 aromatic carbocycles. The molecule has 2 aromatic rings. The van der Waals surface area contributed by atoms with E-state index in [1.54, 1.807) is 0 Å². The summed E-state index contributed by atoms with van der Waals surface area (Å²) in [5.74, 6) is 0.227. The highest BCUT2D eigenvalue weighted by molar-refractivity contribution is 5.96. The highest BCUT2D eigenvalue weighted by atomic mass is 19.4. The number of nitrogens with one attached hydrogen (secondary N) is 1. The third kappa shape index (κ3) is 7.42. The van der Waals surface area contributed by atoms with Gasteiger partial charge in [0.2, 0.25) is 5.91 Å². The van der Waals surface area contributed by atoms with Gasteiger partial charge in [0.15, 0.2) is 5.78 Å². The van der Waals surface area contributed by atoms with Gasteiger partial charge in [-0.3, -0.25) is 9.59 Å². The van der Waals surface area contributed by atoms with Crippen LogP contribution in [0.3, 0.4) is 0 Å². The molecule has 0 aromatic heterocycles. The van der Waals surface area contributed by atoms with Gasteiger partial charge in [0.25, 0.3) is 0 Å². The van der Waals surface area contributed by atoms with Crippen LogP contribution < -0.4 is 5.32 Å². The van der Waals surface area contributed by atoms with Gasteiger partial charge in [-0.1, -0.05) is 31.2 Å². The van der Waals surface area contributed by atoms with Crippen molar-refractivity contribution in [3.05, 3.63) is 65.2 Å². The number of nitrogens with zero attached hydrogens (tertiary/aromatic N) is 1. The van der Waals surface area contributed by atoms with Crippen molar-refractivity contribution in [1.29, 1.82) is 0 Å². The monoisotopic (exact) mass is 460 g/mol. The normalized spacial score (nSPS) is 15.4. The van der Waals surface area contributed by atoms with Crippen LogP contribution in [-0.2, 0) is 11.0 Å². The minimum absolute atomic E-state index is 0.00788. The maximum absolute atomic E-state index is 12.8. The number of ketones is 1. The second-order valence-electron chi connectivity index (χ2n) is 8.60. The van der Waals surface area contributed by atoms with Crippen LogP contribution in [0.15, 0.2) is 48.5 Å². The Hall–Kier alpha value is -2.67. The number of anilines is 1. The SMILES string of the molecule is CCC(=O)Nc1cccc(C2CCN(CCCCC(=O)c3cccc(C(F)(F)F)c3)CC2)c1. The first kappa shape index (κ1) is 25.0. The number of hydrogen-bond acceptors (Lipinski definition) is 3. The summed E-state index contributed by atoms with van der Waals surface area (Å²) in [6, 6.07) is 12.7. The van der Waals surface area contributed by atoms with Gasteiger partial charge in [-0.2, -0.15) is 13.2 Å². The molecule has 1 saturated heterocycles. The molecule has 3 rings (SSSR count). The molecule has 0 aliphatic carbocycles. The summed E-state index contributed by atoms with van der Waals surface area (Å²) in [5, 5.41) is 2.91. The molecule has 0 bridgehead atoms. The van der Waals surface area contributed by atoms with Crippen molar-refractivity contribution in [2.24, 2.45) is 0 Å². The number of piperidine rings is 1. The van der Waals surface area contributed by atoms with E-state index in [0.29, 0.717) is 18.8 Å². The molecule has 0 spiro atoms. The summed E-state index contributed by atoms with van der Waals surface area (Å²) in [6.45, 7) is 4.65. The van der Waals surface area contributed by atoms with Gasteiger partial charge in [0.1, 0.15) is 0 Å². The lowest BCUT2D eigenvalue weighted by Crippen LogP contribution is -2.33. The minimum atomic E-state index is -4.44. The van der Waals surface area contributed by atoms with Crippen molar-refractivity contribution in [3.8, 4) is 0 Å². The van der Waals surface area contributed by atoms with Gasteiger partial charge in [-0.15, -0.1) is 0 Å². The number of halogens is 3. The molecule has 1 amide bonds. The molecule has 0 unspecified atom stereocenters. The number of carbonyl (C=O) groups is 2. The highest BCUT2D eigenvalue weighted by Crippen LogP contribution is 2.31. The predicted octanol–water partition coefficient (Wildman–Crippen LogP) is 6.29. The van der Waals surface area contributed by atoms with Crippen LogP contribution in [0.5, 0.6) is 0 Å². The van der Waals surface area contributed by atoms with Crippen LogP contribution in [0.2, 0.25) is 0 Å². The zero-order valence-electron chi connectivity index (χ0n) is 19.0. The number of alkyl halides is 3. The molecule has 178 valence electrons. The maximum atomic E-state index is 12.8. The third-order valence-corrected chi connectivity index (χ3v) is 6.19. The van der Waals surface area contributed by atoms with E-state index in [9.17, 15) is 22.8 Å². The highest BCUT2D eigenvalue weighted by Gasteiger charge is 2.30. The molecule has 0 atom stereocenters. The number of likely N-dealkylation sites (tertiary alicyclic amines) is 1. The zero-order valence-corrected chi connectivity index (χ0v) is 19.0. The predicted molar refractivity (Wildman–Crippen MR) is 123 cm³/mol. The molecule has 0 radical (unpaired) electrons. The van der Waals surface area contributed by atoms with Crippen LogP contribution in [0.25, 0.3) is 0 Å². The molecule has 1 heterocycles. The molecule has 1 aliphatic rings. The summed E-state index contributed by atoms with van der Waals surface area (Å²) < 4.78 is 38.5. The van der Waals surface area contributed by atoms with Gasteiger partial charge < -0.3 is 10.2 Å². The van der Waals surface area contributed by atoms with Crippen molar-refractivity contribution in [2.45, 2.75) is 57.5 Å². The fourth-order valence-corrected chi connectivity index (χ4v) is 4.24. The summed E-state index contributed by atoms with van der Waals surface area (Å²) in [4.78, 5) is 26.3. The van der Waals surface area contributed by atoms with E-state index in [-0.39, 0.29) is 23.7 Å². The maximum Gasteiger partial charge on any atom is 0.416 e. The van der Waals surface area contributed by atoms with E-state index in [0.717, 1.165) is 56.7 Å². The van der Waals surface area contributed by atoms with Crippen LogP contribution in [0.1, 0.15) is 72.9 Å². The lowest BCUT2D eigenvalue weighted by molar-refractivity contribution is -0.137. The quantitative estimate of drug-likeness (QED) is 0.354. The standard InChI is InChI=1S/C26H31F3N2O2/c1-2-25(33)30-23-10-6-7-20(18-23)19-12-15-31(16-13-19)14-4-3-11-24(32)21-8-5-9-22(17-21)26(27,28)29/h5-10,17-19H,2-4,11-16H2,1H3,(H,30,33). The Morgan fingerprint density at radius 2 is 1.76 bits per heavy atom. The Bertz CT molecular complexity index is 951. The summed E-state index contributed by atoms with van der Waals surface area (Å²) >= 11 is 0. The number of unbranched alkanes of at least 4 members (excludes halogenated alkanes) is 1. The molecule has 33 heavy (non-hydrogen) atoms. The van der Waals surface area contributed by atoms with Gasteiger partial charge in [-0.25, -0.2) is 0 Å². The Morgan fingerprint density at radius 1 is 1.03 bits per heavy atom. The molecule has 0 saturated carbocycles. The van der Waals surface area contributed by atoms with E-state index in [1.165, 1.54) is 17.7 Å². The second-order valence-corrected chi connectivity index (χ2v) is 8.60. The van der Waals surface area contributed by atoms with Gasteiger partial charge >= 0.3 is 6.18 Å². The summed E-state index contributed by atoms with van der Waals surface area (Å²) in [7, 11) is 0. The molecule has 7 heteroatoms. The second kappa shape index (κ2) is 11.5. The van der Waals surface area contributed by atoms with Crippen LogP contribution in [0.4, 0.5) is 18.9 Å². The van der Waals surface area contributed by atoms with Crippen molar-refractivity contribution >= 4 is 17.4 Å². The fourth-order valence-electron chi connectivity index (χ4n) is 4.24. The smallest absolute Gasteiger partial charge is 0.326 e. The Kier molecular flexibility index (Phi) is 8.67. The van der Waals surface area contributed by atoms with Crippen molar-refractivity contribution in [1.82, 2.24) is 4.90 Å². The number of rotatable bonds is 9. The van der Waals surface area contributed by atoms with Crippen molar-refractivity contribution in [2.75, 3.05) is 25.0 Å². The zero-order chi connectivity index (χ0) is 23.8. The van der Waals surface area contributed by atoms with Crippen molar-refractivity contribution < 1.29 is 22.8 Å². The molecule has 1 aliphatic heterocycles. The summed E-state index contributed by atoms with van der Waals surface area (Å²) in [5.41, 5.74) is 1.43. The lowest BCUT2D eigenvalue weighted by Gasteiger charge is -2.32. The minimum Gasteiger partial charge on any atom is -0.326 e. The lowest BCUT2D eigenvalue weighted by atomic mass is 9.89. The molecule has 1 fully saturated rings. The third-order valence-electron chi connectivity index (χ3n) is 6.19. The first-order valence-electron chi connectivity index (χ1n) is 11.6. The van der Waals surface area contributed by atoms with Crippen molar-refractivity contribution in [3.63, 3.8) is 0 Å². The number of hydrogen-bond donors (Lipinski definition) is 1. The summed E-state index contributed by atoms with van der Waals surface area (Å²) in [6.07, 6.45) is -0.153. The largest absolute Gasteiger partial charge is 0.416 e.